The Kier molecular flexibility index (Phi) is 15.9. The fraction of sp³-hybridized carbons (Fsp3) is 0.946. The number of carbonyl (C=O) groups is 2. The Morgan fingerprint density at radius 2 is 1.57 bits per heavy atom. The van der Waals surface area contributed by atoms with Crippen LogP contribution in [0.5, 0.6) is 0 Å². The zero-order chi connectivity index (χ0) is 41.1. The molecule has 3 aliphatic heterocycles. The molecule has 312 valence electrons. The van der Waals surface area contributed by atoms with Gasteiger partial charge in [-0.05, 0) is 80.4 Å². The number of rotatable bonds is 9. The van der Waals surface area contributed by atoms with E-state index in [1.807, 2.05) is 25.9 Å². The Labute approximate surface area is 319 Å². The summed E-state index contributed by atoms with van der Waals surface area (Å²) in [5.41, 5.74) is 3.82. The lowest BCUT2D eigenvalue weighted by atomic mass is 9.74. The topological polar surface area (TPSA) is 243 Å². The lowest BCUT2D eigenvalue weighted by Gasteiger charge is -2.49. The van der Waals surface area contributed by atoms with Crippen molar-refractivity contribution in [1.82, 2.24) is 4.90 Å². The van der Waals surface area contributed by atoms with Crippen LogP contribution < -0.4 is 0 Å². The Morgan fingerprint density at radius 3 is 2.15 bits per heavy atom. The van der Waals surface area contributed by atoms with E-state index < -0.39 is 108 Å². The van der Waals surface area contributed by atoms with Crippen molar-refractivity contribution in [2.75, 3.05) is 27.7 Å². The van der Waals surface area contributed by atoms with E-state index in [1.54, 1.807) is 27.7 Å². The van der Waals surface area contributed by atoms with Crippen LogP contribution in [0.1, 0.15) is 88.0 Å². The van der Waals surface area contributed by atoms with Crippen LogP contribution in [-0.2, 0) is 38.0 Å². The van der Waals surface area contributed by atoms with E-state index in [0.717, 1.165) is 0 Å². The summed E-state index contributed by atoms with van der Waals surface area (Å²) in [6, 6.07) is -0.355. The normalized spacial score (nSPS) is 47.4. The van der Waals surface area contributed by atoms with Crippen LogP contribution >= 0.6 is 0 Å². The number of aliphatic hydroxyl groups excluding tert-OH is 3. The standard InChI is InChI=1S/C37H66N4O13/c1-18-16-35(7,47)32(54-34-28(43)24(41(10)11)15-19(2)50-34)21(4)29(53-26-17-36(8,49-12)31(45)23(6)51-26)22(5)33(46)52-25(13-14-39-40-38)37(9,48)30(44)20(3)27(18)42/h18-26,28-32,34,43-45,47-48H,13-17H2,1-12H3/t18-,19?,20+,21+,22-,23?,24?,25-,26?,28?,29+,30-,31?,32-,34?,35-,36?,37-/m1/s1. The van der Waals surface area contributed by atoms with Crippen molar-refractivity contribution in [1.29, 1.82) is 0 Å². The zero-order valence-corrected chi connectivity index (χ0v) is 34.0. The van der Waals surface area contributed by atoms with Crippen molar-refractivity contribution < 1.29 is 63.5 Å². The van der Waals surface area contributed by atoms with Gasteiger partial charge in [-0.2, -0.15) is 0 Å². The molecule has 0 saturated carbocycles. The summed E-state index contributed by atoms with van der Waals surface area (Å²) in [5, 5.41) is 61.5. The molecule has 17 nitrogen and oxygen atoms in total. The third-order valence-corrected chi connectivity index (χ3v) is 12.0. The number of Topliss-reactive ketones (excluding diaryl/α,β-unsaturated/α-hetero) is 1. The molecule has 0 aliphatic carbocycles. The molecule has 3 fully saturated rings. The van der Waals surface area contributed by atoms with Gasteiger partial charge in [0.05, 0.1) is 47.6 Å². The van der Waals surface area contributed by atoms with E-state index in [4.69, 9.17) is 34.0 Å². The van der Waals surface area contributed by atoms with Crippen molar-refractivity contribution >= 4 is 11.8 Å². The first-order valence-electron chi connectivity index (χ1n) is 19.0. The monoisotopic (exact) mass is 774 g/mol. The average molecular weight is 775 g/mol. The van der Waals surface area contributed by atoms with Crippen LogP contribution in [0, 0.1) is 23.7 Å². The first-order valence-corrected chi connectivity index (χ1v) is 19.0. The molecule has 5 N–H and O–H groups in total. The molecule has 3 heterocycles. The minimum Gasteiger partial charge on any atom is -0.459 e. The summed E-state index contributed by atoms with van der Waals surface area (Å²) < 4.78 is 37.1. The second kappa shape index (κ2) is 18.5. The third-order valence-electron chi connectivity index (χ3n) is 12.0. The fourth-order valence-corrected chi connectivity index (χ4v) is 8.48. The van der Waals surface area contributed by atoms with Crippen molar-refractivity contribution in [3.63, 3.8) is 0 Å². The van der Waals surface area contributed by atoms with Crippen LogP contribution in [-0.4, -0.2) is 154 Å². The summed E-state index contributed by atoms with van der Waals surface area (Å²) in [7, 11) is 5.12. The maximum absolute atomic E-state index is 14.2. The van der Waals surface area contributed by atoms with E-state index in [-0.39, 0.29) is 38.0 Å². The largest absolute Gasteiger partial charge is 0.459 e. The summed E-state index contributed by atoms with van der Waals surface area (Å²) in [6.07, 6.45) is -10.9. The maximum Gasteiger partial charge on any atom is 0.311 e. The Bertz CT molecular complexity index is 1310. The molecule has 0 spiro atoms. The van der Waals surface area contributed by atoms with Crippen LogP contribution in [0.3, 0.4) is 0 Å². The molecule has 8 unspecified atom stereocenters. The maximum atomic E-state index is 14.2. The molecule has 0 aromatic rings. The minimum atomic E-state index is -2.18. The molecule has 3 rings (SSSR count). The number of cyclic esters (lactones) is 1. The molecule has 3 saturated heterocycles. The predicted molar refractivity (Wildman–Crippen MR) is 195 cm³/mol. The Hall–Kier alpha value is -1.99. The number of ether oxygens (including phenoxy) is 6. The van der Waals surface area contributed by atoms with Crippen molar-refractivity contribution in [3.05, 3.63) is 10.4 Å². The van der Waals surface area contributed by atoms with E-state index in [9.17, 15) is 35.1 Å². The van der Waals surface area contributed by atoms with Gasteiger partial charge >= 0.3 is 5.97 Å². The quantitative estimate of drug-likeness (QED) is 0.0976. The van der Waals surface area contributed by atoms with Crippen molar-refractivity contribution in [2.45, 2.75) is 172 Å². The van der Waals surface area contributed by atoms with Gasteiger partial charge in [0.25, 0.3) is 0 Å². The number of aliphatic hydroxyl groups is 5. The number of likely N-dealkylation sites (N-methyl/N-ethyl adjacent to an activating group) is 1. The molecule has 0 amide bonds. The molecular formula is C37H66N4O13. The molecule has 0 aromatic carbocycles. The molecule has 0 radical (unpaired) electrons. The average Bonchev–Trinajstić information content (AvgIpc) is 3.09. The molecular weight excluding hydrogens is 708 g/mol. The zero-order valence-electron chi connectivity index (χ0n) is 34.0. The lowest BCUT2D eigenvalue weighted by Crippen LogP contribution is -2.61. The number of ketones is 1. The third kappa shape index (κ3) is 10.3. The van der Waals surface area contributed by atoms with Gasteiger partial charge in [0, 0.05) is 48.8 Å². The van der Waals surface area contributed by atoms with Gasteiger partial charge in [-0.25, -0.2) is 0 Å². The molecule has 17 heteroatoms. The molecule has 0 bridgehead atoms. The number of esters is 1. The molecule has 18 atom stereocenters. The number of nitrogens with zero attached hydrogens (tertiary/aromatic N) is 4. The minimum absolute atomic E-state index is 0.0491. The number of azide groups is 1. The van der Waals surface area contributed by atoms with Crippen LogP contribution in [0.15, 0.2) is 5.11 Å². The number of hydrogen-bond donors (Lipinski definition) is 5. The van der Waals surface area contributed by atoms with Gasteiger partial charge in [-0.3, -0.25) is 9.59 Å². The molecule has 0 aromatic heterocycles. The van der Waals surface area contributed by atoms with E-state index >= 15 is 0 Å². The molecule has 54 heavy (non-hydrogen) atoms. The predicted octanol–water partition coefficient (Wildman–Crippen LogP) is 2.08. The highest BCUT2D eigenvalue weighted by Crippen LogP contribution is 2.40. The first kappa shape index (κ1) is 46.4. The van der Waals surface area contributed by atoms with Gasteiger partial charge in [0.15, 0.2) is 12.6 Å². The van der Waals surface area contributed by atoms with Crippen LogP contribution in [0.25, 0.3) is 10.4 Å². The van der Waals surface area contributed by atoms with Gasteiger partial charge in [0.2, 0.25) is 0 Å². The summed E-state index contributed by atoms with van der Waals surface area (Å²) in [6.45, 7) is 14.1. The van der Waals surface area contributed by atoms with Gasteiger partial charge < -0.3 is 58.9 Å². The van der Waals surface area contributed by atoms with E-state index in [2.05, 4.69) is 10.0 Å². The number of hydrogen-bond acceptors (Lipinski definition) is 15. The van der Waals surface area contributed by atoms with Gasteiger partial charge in [-0.15, -0.1) is 0 Å². The highest BCUT2D eigenvalue weighted by molar-refractivity contribution is 5.83. The van der Waals surface area contributed by atoms with Crippen molar-refractivity contribution in [2.24, 2.45) is 28.8 Å². The number of carbonyl (C=O) groups excluding carboxylic acids is 2. The Morgan fingerprint density at radius 1 is 0.944 bits per heavy atom. The second-order valence-corrected chi connectivity index (χ2v) is 16.8. The highest BCUT2D eigenvalue weighted by atomic mass is 16.7. The SMILES string of the molecule is COC1(C)CC(O[C@H]2[C@H](C)[C@@H](OC3OC(C)CC(N(C)C)C3O)[C@](C)(O)C[C@@H](C)C(=O)[C@H](C)[C@@H](O)[C@](C)(O)[C@@H](CCN=[N+]=[N-])OC(=O)[C@@H]2C)OC(C)C1O. The van der Waals surface area contributed by atoms with Crippen LogP contribution in [0.2, 0.25) is 0 Å². The summed E-state index contributed by atoms with van der Waals surface area (Å²) >= 11 is 0. The van der Waals surface area contributed by atoms with Gasteiger partial charge in [0.1, 0.15) is 29.7 Å². The second-order valence-electron chi connectivity index (χ2n) is 16.8. The van der Waals surface area contributed by atoms with Crippen LogP contribution in [0.4, 0.5) is 0 Å². The van der Waals surface area contributed by atoms with Crippen molar-refractivity contribution in [3.8, 4) is 0 Å². The Balaban J connectivity index is 2.21. The fourth-order valence-electron chi connectivity index (χ4n) is 8.48. The lowest BCUT2D eigenvalue weighted by molar-refractivity contribution is -0.318. The number of methoxy groups -OCH3 is 1. The van der Waals surface area contributed by atoms with E-state index in [0.29, 0.717) is 6.42 Å². The molecule has 3 aliphatic rings. The smallest absolute Gasteiger partial charge is 0.311 e. The van der Waals surface area contributed by atoms with Gasteiger partial charge in [-0.1, -0.05) is 25.9 Å². The summed E-state index contributed by atoms with van der Waals surface area (Å²) in [5.74, 6) is -5.50. The first-order chi connectivity index (χ1) is 24.9. The van der Waals surface area contributed by atoms with E-state index in [1.165, 1.54) is 34.8 Å². The summed E-state index contributed by atoms with van der Waals surface area (Å²) in [4.78, 5) is 32.8. The highest BCUT2D eigenvalue weighted by Gasteiger charge is 2.53.